The first-order valence-corrected chi connectivity index (χ1v) is 11.0. The number of rotatable bonds is 8. The van der Waals surface area contributed by atoms with Crippen LogP contribution in [0, 0.1) is 0 Å². The van der Waals surface area contributed by atoms with Gasteiger partial charge in [-0.15, -0.1) is 0 Å². The van der Waals surface area contributed by atoms with E-state index >= 15 is 0 Å². The summed E-state index contributed by atoms with van der Waals surface area (Å²) in [4.78, 5) is 16.9. The highest BCUT2D eigenvalue weighted by atomic mass is 35.5. The second-order valence-corrected chi connectivity index (χ2v) is 7.99. The predicted molar refractivity (Wildman–Crippen MR) is 130 cm³/mol. The molecule has 2 aromatic carbocycles. The molecular weight excluding hydrogens is 440 g/mol. The molecule has 0 saturated carbocycles. The molecule has 1 amide bonds. The number of nitrogens with zero attached hydrogens (tertiary/aromatic N) is 2. The lowest BCUT2D eigenvalue weighted by Crippen LogP contribution is -2.25. The van der Waals surface area contributed by atoms with Crippen LogP contribution in [-0.2, 0) is 6.61 Å². The largest absolute Gasteiger partial charge is 0.495 e. The van der Waals surface area contributed by atoms with Gasteiger partial charge in [-0.2, -0.15) is 0 Å². The number of fused-ring (bicyclic) bond motifs is 1. The number of benzene rings is 2. The molecule has 170 valence electrons. The highest BCUT2D eigenvalue weighted by Crippen LogP contribution is 2.34. The topological polar surface area (TPSA) is 102 Å². The van der Waals surface area contributed by atoms with Gasteiger partial charge in [0.05, 0.1) is 24.4 Å². The van der Waals surface area contributed by atoms with Crippen LogP contribution in [0.25, 0.3) is 28.0 Å². The number of amides is 1. The number of pyridine rings is 1. The number of ether oxygens (including phenoxy) is 1. The Bertz CT molecular complexity index is 1290. The number of aromatic nitrogens is 2. The smallest absolute Gasteiger partial charge is 0.251 e. The lowest BCUT2D eigenvalue weighted by Gasteiger charge is -2.09. The SMILES string of the molecule is COc1cc(CO)c(-c2cn3ccc(-c4ccc(C(=O)NCCCN)cc4)cc3n2)cc1Cl. The third kappa shape index (κ3) is 4.85. The van der Waals surface area contributed by atoms with Gasteiger partial charge < -0.3 is 25.3 Å². The van der Waals surface area contributed by atoms with Crippen LogP contribution in [0.5, 0.6) is 5.75 Å². The maximum Gasteiger partial charge on any atom is 0.251 e. The average Bonchev–Trinajstić information content (AvgIpc) is 3.27. The molecule has 0 saturated heterocycles. The first-order chi connectivity index (χ1) is 16.0. The predicted octanol–water partition coefficient (Wildman–Crippen LogP) is 3.90. The number of aliphatic hydroxyl groups excluding tert-OH is 1. The molecule has 0 aliphatic carbocycles. The lowest BCUT2D eigenvalue weighted by molar-refractivity contribution is 0.0953. The van der Waals surface area contributed by atoms with Crippen molar-refractivity contribution in [1.29, 1.82) is 0 Å². The molecule has 4 rings (SSSR count). The fraction of sp³-hybridized carbons (Fsp3) is 0.200. The van der Waals surface area contributed by atoms with Crippen molar-refractivity contribution in [2.24, 2.45) is 5.73 Å². The first kappa shape index (κ1) is 22.8. The highest BCUT2D eigenvalue weighted by molar-refractivity contribution is 6.32. The molecule has 7 nitrogen and oxygen atoms in total. The third-order valence-corrected chi connectivity index (χ3v) is 5.73. The summed E-state index contributed by atoms with van der Waals surface area (Å²) < 4.78 is 7.16. The minimum atomic E-state index is -0.159. The number of halogens is 1. The van der Waals surface area contributed by atoms with E-state index < -0.39 is 0 Å². The maximum absolute atomic E-state index is 12.2. The lowest BCUT2D eigenvalue weighted by atomic mass is 10.0. The van der Waals surface area contributed by atoms with E-state index in [2.05, 4.69) is 5.32 Å². The van der Waals surface area contributed by atoms with Crippen molar-refractivity contribution in [2.75, 3.05) is 20.2 Å². The van der Waals surface area contributed by atoms with Crippen molar-refractivity contribution in [2.45, 2.75) is 13.0 Å². The van der Waals surface area contributed by atoms with Gasteiger partial charge in [0.15, 0.2) is 0 Å². The Labute approximate surface area is 196 Å². The molecule has 0 aliphatic heterocycles. The summed E-state index contributed by atoms with van der Waals surface area (Å²) in [6.07, 6.45) is 4.57. The molecule has 0 bridgehead atoms. The Morgan fingerprint density at radius 3 is 2.67 bits per heavy atom. The molecule has 0 radical (unpaired) electrons. The van der Waals surface area contributed by atoms with Gasteiger partial charge in [0.2, 0.25) is 0 Å². The van der Waals surface area contributed by atoms with Crippen LogP contribution >= 0.6 is 11.6 Å². The number of nitrogens with two attached hydrogens (primary N) is 1. The standard InChI is InChI=1S/C25H25ClN4O3/c1-33-23-11-19(15-31)20(13-21(23)26)22-14-30-10-7-18(12-24(30)29-22)16-3-5-17(6-4-16)25(32)28-9-2-8-27/h3-7,10-14,31H,2,8-9,15,27H2,1H3,(H,28,32). The van der Waals surface area contributed by atoms with E-state index in [1.807, 2.05) is 41.1 Å². The summed E-state index contributed by atoms with van der Waals surface area (Å²) >= 11 is 6.31. The van der Waals surface area contributed by atoms with Crippen LogP contribution in [0.2, 0.25) is 5.02 Å². The number of hydrogen-bond acceptors (Lipinski definition) is 5. The number of carbonyl (C=O) groups is 1. The highest BCUT2D eigenvalue weighted by Gasteiger charge is 2.14. The van der Waals surface area contributed by atoms with Crippen LogP contribution < -0.4 is 15.8 Å². The monoisotopic (exact) mass is 464 g/mol. The second kappa shape index (κ2) is 10.0. The van der Waals surface area contributed by atoms with Gasteiger partial charge in [-0.3, -0.25) is 4.79 Å². The Morgan fingerprint density at radius 1 is 1.18 bits per heavy atom. The normalized spacial score (nSPS) is 11.0. The van der Waals surface area contributed by atoms with Crippen molar-refractivity contribution in [1.82, 2.24) is 14.7 Å². The number of imidazole rings is 1. The molecule has 0 unspecified atom stereocenters. The molecule has 33 heavy (non-hydrogen) atoms. The number of hydrogen-bond donors (Lipinski definition) is 3. The van der Waals surface area contributed by atoms with Crippen LogP contribution in [0.15, 0.2) is 60.9 Å². The molecule has 0 fully saturated rings. The zero-order valence-electron chi connectivity index (χ0n) is 18.2. The van der Waals surface area contributed by atoms with E-state index in [-0.39, 0.29) is 12.5 Å². The summed E-state index contributed by atoms with van der Waals surface area (Å²) in [5.74, 6) is 0.396. The van der Waals surface area contributed by atoms with Gasteiger partial charge >= 0.3 is 0 Å². The van der Waals surface area contributed by atoms with Crippen molar-refractivity contribution in [3.8, 4) is 28.1 Å². The van der Waals surface area contributed by atoms with Crippen molar-refractivity contribution in [3.63, 3.8) is 0 Å². The summed E-state index contributed by atoms with van der Waals surface area (Å²) in [7, 11) is 1.54. The minimum absolute atomic E-state index is 0.110. The molecule has 2 aromatic heterocycles. The van der Waals surface area contributed by atoms with Crippen LogP contribution in [-0.4, -0.2) is 40.6 Å². The summed E-state index contributed by atoms with van der Waals surface area (Å²) in [6, 6.07) is 14.9. The number of aliphatic hydroxyl groups is 1. The van der Waals surface area contributed by atoms with Crippen molar-refractivity contribution >= 4 is 23.2 Å². The zero-order chi connectivity index (χ0) is 23.4. The maximum atomic E-state index is 12.2. The van der Waals surface area contributed by atoms with E-state index in [4.69, 9.17) is 27.1 Å². The summed E-state index contributed by atoms with van der Waals surface area (Å²) in [5, 5.41) is 13.1. The van der Waals surface area contributed by atoms with Gasteiger partial charge in [-0.1, -0.05) is 23.7 Å². The molecule has 0 atom stereocenters. The Balaban J connectivity index is 1.62. The molecule has 2 heterocycles. The number of methoxy groups -OCH3 is 1. The van der Waals surface area contributed by atoms with Gasteiger partial charge in [-0.05, 0) is 66.1 Å². The molecule has 8 heteroatoms. The molecular formula is C25H25ClN4O3. The van der Waals surface area contributed by atoms with Gasteiger partial charge in [0.25, 0.3) is 5.91 Å². The van der Waals surface area contributed by atoms with E-state index in [0.29, 0.717) is 40.7 Å². The molecule has 0 spiro atoms. The van der Waals surface area contributed by atoms with Gasteiger partial charge in [-0.25, -0.2) is 4.98 Å². The third-order valence-electron chi connectivity index (χ3n) is 5.43. The molecule has 4 aromatic rings. The second-order valence-electron chi connectivity index (χ2n) is 7.58. The van der Waals surface area contributed by atoms with E-state index in [0.717, 1.165) is 28.8 Å². The number of nitrogens with one attached hydrogen (secondary N) is 1. The summed E-state index contributed by atoms with van der Waals surface area (Å²) in [5.41, 5.74) is 10.9. The van der Waals surface area contributed by atoms with Crippen LogP contribution in [0.4, 0.5) is 0 Å². The van der Waals surface area contributed by atoms with E-state index in [1.54, 1.807) is 24.3 Å². The first-order valence-electron chi connectivity index (χ1n) is 10.6. The van der Waals surface area contributed by atoms with Crippen LogP contribution in [0.3, 0.4) is 0 Å². The molecule has 0 aliphatic rings. The Hall–Kier alpha value is -3.39. The van der Waals surface area contributed by atoms with Crippen molar-refractivity contribution in [3.05, 3.63) is 77.1 Å². The average molecular weight is 465 g/mol. The quantitative estimate of drug-likeness (QED) is 0.343. The zero-order valence-corrected chi connectivity index (χ0v) is 19.0. The Kier molecular flexibility index (Phi) is 6.93. The fourth-order valence-electron chi connectivity index (χ4n) is 3.63. The van der Waals surface area contributed by atoms with Crippen LogP contribution in [0.1, 0.15) is 22.3 Å². The minimum Gasteiger partial charge on any atom is -0.495 e. The number of carbonyl (C=O) groups excluding carboxylic acids is 1. The fourth-order valence-corrected chi connectivity index (χ4v) is 3.87. The van der Waals surface area contributed by atoms with Gasteiger partial charge in [0.1, 0.15) is 11.4 Å². The van der Waals surface area contributed by atoms with Gasteiger partial charge in [0, 0.05) is 30.1 Å². The Morgan fingerprint density at radius 2 is 1.97 bits per heavy atom. The van der Waals surface area contributed by atoms with E-state index in [9.17, 15) is 9.90 Å². The van der Waals surface area contributed by atoms with Crippen molar-refractivity contribution < 1.29 is 14.6 Å². The van der Waals surface area contributed by atoms with E-state index in [1.165, 1.54) is 7.11 Å². The summed E-state index contributed by atoms with van der Waals surface area (Å²) in [6.45, 7) is 0.950. The molecule has 4 N–H and O–H groups in total.